The number of rotatable bonds is 3. The van der Waals surface area contributed by atoms with Gasteiger partial charge in [-0.15, -0.1) is 11.3 Å². The number of nitrogens with zero attached hydrogens (tertiary/aromatic N) is 1. The first-order chi connectivity index (χ1) is 14.1. The van der Waals surface area contributed by atoms with Crippen LogP contribution in [0.2, 0.25) is 0 Å². The minimum Gasteiger partial charge on any atom is -0.346 e. The number of hydrogen-bond acceptors (Lipinski definition) is 5. The van der Waals surface area contributed by atoms with E-state index < -0.39 is 12.1 Å². The number of thiophene rings is 2. The molecule has 1 fully saturated rings. The van der Waals surface area contributed by atoms with Crippen molar-refractivity contribution in [1.29, 1.82) is 0 Å². The second kappa shape index (κ2) is 7.13. The number of carbonyl (C=O) groups excluding carboxylic acids is 3. The van der Waals surface area contributed by atoms with Crippen molar-refractivity contribution in [1.82, 2.24) is 10.2 Å². The molecule has 2 N–H and O–H groups in total. The summed E-state index contributed by atoms with van der Waals surface area (Å²) in [7, 11) is 0. The lowest BCUT2D eigenvalue weighted by atomic mass is 10.0. The minimum absolute atomic E-state index is 0.187. The minimum atomic E-state index is -0.719. The van der Waals surface area contributed by atoms with Crippen LogP contribution < -0.4 is 10.6 Å². The Morgan fingerprint density at radius 2 is 2.03 bits per heavy atom. The van der Waals surface area contributed by atoms with Gasteiger partial charge < -0.3 is 15.5 Å². The SMILES string of the molecule is O=C(NC1CCN2C(=O)c3cc(-c4ccsc4)ccc3NC(=O)C12)c1cccs1. The molecule has 2 unspecified atom stereocenters. The third kappa shape index (κ3) is 3.14. The Labute approximate surface area is 175 Å². The number of benzene rings is 1. The molecule has 8 heteroatoms. The Bertz CT molecular complexity index is 1090. The largest absolute Gasteiger partial charge is 0.346 e. The van der Waals surface area contributed by atoms with Gasteiger partial charge in [0, 0.05) is 6.54 Å². The third-order valence-corrected chi connectivity index (χ3v) is 6.90. The highest BCUT2D eigenvalue weighted by Crippen LogP contribution is 2.33. The van der Waals surface area contributed by atoms with Crippen LogP contribution in [-0.2, 0) is 4.79 Å². The molecule has 5 rings (SSSR count). The summed E-state index contributed by atoms with van der Waals surface area (Å²) in [6.07, 6.45) is 0.542. The first-order valence-electron chi connectivity index (χ1n) is 9.24. The number of anilines is 1. The average Bonchev–Trinajstić information content (AvgIpc) is 3.47. The predicted octanol–water partition coefficient (Wildman–Crippen LogP) is 3.44. The first kappa shape index (κ1) is 18.1. The van der Waals surface area contributed by atoms with Crippen molar-refractivity contribution in [2.45, 2.75) is 18.5 Å². The average molecular weight is 424 g/mol. The van der Waals surface area contributed by atoms with Crippen LogP contribution in [-0.4, -0.2) is 41.2 Å². The third-order valence-electron chi connectivity index (χ3n) is 5.35. The number of nitrogens with one attached hydrogen (secondary N) is 2. The maximum Gasteiger partial charge on any atom is 0.261 e. The van der Waals surface area contributed by atoms with Crippen LogP contribution in [0.25, 0.3) is 11.1 Å². The highest BCUT2D eigenvalue weighted by Gasteiger charge is 2.45. The monoisotopic (exact) mass is 423 g/mol. The van der Waals surface area contributed by atoms with Gasteiger partial charge in [0.15, 0.2) is 0 Å². The molecular weight excluding hydrogens is 406 g/mol. The number of fused-ring (bicyclic) bond motifs is 2. The summed E-state index contributed by atoms with van der Waals surface area (Å²) in [6, 6.07) is 9.93. The molecule has 2 atom stereocenters. The van der Waals surface area contributed by atoms with Crippen LogP contribution >= 0.6 is 22.7 Å². The highest BCUT2D eigenvalue weighted by atomic mass is 32.1. The molecule has 3 amide bonds. The van der Waals surface area contributed by atoms with E-state index >= 15 is 0 Å². The van der Waals surface area contributed by atoms with E-state index in [1.54, 1.807) is 28.4 Å². The lowest BCUT2D eigenvalue weighted by molar-refractivity contribution is -0.120. The Morgan fingerprint density at radius 3 is 2.79 bits per heavy atom. The fraction of sp³-hybridized carbons (Fsp3) is 0.190. The van der Waals surface area contributed by atoms with E-state index in [0.717, 1.165) is 11.1 Å². The van der Waals surface area contributed by atoms with Gasteiger partial charge in [-0.25, -0.2) is 0 Å². The Kier molecular flexibility index (Phi) is 4.44. The molecule has 1 saturated heterocycles. The van der Waals surface area contributed by atoms with Gasteiger partial charge in [0.1, 0.15) is 6.04 Å². The van der Waals surface area contributed by atoms with Crippen molar-refractivity contribution in [2.24, 2.45) is 0 Å². The van der Waals surface area contributed by atoms with E-state index in [9.17, 15) is 14.4 Å². The maximum atomic E-state index is 13.3. The van der Waals surface area contributed by atoms with Crippen molar-refractivity contribution in [3.05, 3.63) is 63.0 Å². The van der Waals surface area contributed by atoms with Gasteiger partial charge in [0.2, 0.25) is 5.91 Å². The number of carbonyl (C=O) groups is 3. The van der Waals surface area contributed by atoms with Crippen LogP contribution in [0, 0.1) is 0 Å². The summed E-state index contributed by atoms with van der Waals surface area (Å²) in [4.78, 5) is 40.9. The molecule has 0 spiro atoms. The molecule has 146 valence electrons. The van der Waals surface area contributed by atoms with Gasteiger partial charge in [-0.2, -0.15) is 11.3 Å². The summed E-state index contributed by atoms with van der Waals surface area (Å²) in [5.74, 6) is -0.670. The second-order valence-corrected chi connectivity index (χ2v) is 8.78. The molecule has 6 nitrogen and oxygen atoms in total. The van der Waals surface area contributed by atoms with E-state index in [2.05, 4.69) is 10.6 Å². The standard InChI is InChI=1S/C21H17N3O3S2/c25-19(17-2-1-8-29-17)23-16-5-7-24-18(16)20(26)22-15-4-3-12(10-14(15)21(24)27)13-6-9-28-11-13/h1-4,6,8-11,16,18H,5,7H2,(H,22,26)(H,23,25). The fourth-order valence-corrected chi connectivity index (χ4v) is 5.23. The molecule has 2 aromatic heterocycles. The van der Waals surface area contributed by atoms with Crippen molar-refractivity contribution >= 4 is 46.1 Å². The zero-order chi connectivity index (χ0) is 20.0. The molecule has 0 saturated carbocycles. The molecule has 0 bridgehead atoms. The van der Waals surface area contributed by atoms with Crippen LogP contribution in [0.15, 0.2) is 52.5 Å². The smallest absolute Gasteiger partial charge is 0.261 e. The second-order valence-electron chi connectivity index (χ2n) is 7.05. The molecule has 0 radical (unpaired) electrons. The van der Waals surface area contributed by atoms with Crippen LogP contribution in [0.5, 0.6) is 0 Å². The molecule has 0 aliphatic carbocycles. The molecule has 1 aromatic carbocycles. The summed E-state index contributed by atoms with van der Waals surface area (Å²) >= 11 is 2.94. The summed E-state index contributed by atoms with van der Waals surface area (Å²) in [5.41, 5.74) is 2.97. The number of hydrogen-bond donors (Lipinski definition) is 2. The first-order valence-corrected chi connectivity index (χ1v) is 11.1. The van der Waals surface area contributed by atoms with Gasteiger partial charge in [-0.1, -0.05) is 12.1 Å². The summed E-state index contributed by atoms with van der Waals surface area (Å²) in [6.45, 7) is 0.425. The number of amides is 3. The van der Waals surface area contributed by atoms with E-state index in [1.807, 2.05) is 40.4 Å². The summed E-state index contributed by atoms with van der Waals surface area (Å²) in [5, 5.41) is 11.7. The van der Waals surface area contributed by atoms with E-state index in [4.69, 9.17) is 0 Å². The quantitative estimate of drug-likeness (QED) is 0.677. The van der Waals surface area contributed by atoms with Crippen LogP contribution in [0.1, 0.15) is 26.5 Å². The van der Waals surface area contributed by atoms with Gasteiger partial charge in [-0.3, -0.25) is 14.4 Å². The predicted molar refractivity (Wildman–Crippen MR) is 113 cm³/mol. The molecule has 29 heavy (non-hydrogen) atoms. The Hall–Kier alpha value is -2.97. The summed E-state index contributed by atoms with van der Waals surface area (Å²) < 4.78 is 0. The normalized spacial score (nSPS) is 20.6. The lowest BCUT2D eigenvalue weighted by Gasteiger charge is -2.24. The van der Waals surface area contributed by atoms with Crippen molar-refractivity contribution in [2.75, 3.05) is 11.9 Å². The molecule has 2 aliphatic heterocycles. The topological polar surface area (TPSA) is 78.5 Å². The zero-order valence-corrected chi connectivity index (χ0v) is 16.9. The molecule has 4 heterocycles. The van der Waals surface area contributed by atoms with Gasteiger partial charge >= 0.3 is 0 Å². The molecular formula is C21H17N3O3S2. The molecule has 3 aromatic rings. The van der Waals surface area contributed by atoms with E-state index in [1.165, 1.54) is 11.3 Å². The van der Waals surface area contributed by atoms with E-state index in [0.29, 0.717) is 29.1 Å². The van der Waals surface area contributed by atoms with Crippen LogP contribution in [0.3, 0.4) is 0 Å². The Morgan fingerprint density at radius 1 is 1.14 bits per heavy atom. The van der Waals surface area contributed by atoms with Crippen LogP contribution in [0.4, 0.5) is 5.69 Å². The zero-order valence-electron chi connectivity index (χ0n) is 15.3. The lowest BCUT2D eigenvalue weighted by Crippen LogP contribution is -2.51. The van der Waals surface area contributed by atoms with Crippen molar-refractivity contribution in [3.63, 3.8) is 0 Å². The van der Waals surface area contributed by atoms with Gasteiger partial charge in [0.25, 0.3) is 11.8 Å². The van der Waals surface area contributed by atoms with Crippen molar-refractivity contribution in [3.8, 4) is 11.1 Å². The van der Waals surface area contributed by atoms with E-state index in [-0.39, 0.29) is 17.7 Å². The van der Waals surface area contributed by atoms with Gasteiger partial charge in [-0.05, 0) is 58.0 Å². The Balaban J connectivity index is 1.44. The van der Waals surface area contributed by atoms with Crippen molar-refractivity contribution < 1.29 is 14.4 Å². The highest BCUT2D eigenvalue weighted by molar-refractivity contribution is 7.12. The molecule has 2 aliphatic rings. The van der Waals surface area contributed by atoms with Gasteiger partial charge in [0.05, 0.1) is 22.2 Å². The fourth-order valence-electron chi connectivity index (χ4n) is 3.94. The maximum absolute atomic E-state index is 13.3.